The molecule has 1 fully saturated rings. The van der Waals surface area contributed by atoms with Gasteiger partial charge in [0.1, 0.15) is 16.3 Å². The number of hydrogen-bond acceptors (Lipinski definition) is 8. The first-order chi connectivity index (χ1) is 16.3. The molecule has 5 heterocycles. The third kappa shape index (κ3) is 4.04. The highest BCUT2D eigenvalue weighted by Gasteiger charge is 2.29. The number of thiophene rings is 1. The number of pyridine rings is 2. The Hall–Kier alpha value is -3.67. The number of ether oxygens (including phenoxy) is 1. The van der Waals surface area contributed by atoms with Crippen LogP contribution >= 0.6 is 11.3 Å². The second-order valence-corrected chi connectivity index (χ2v) is 9.35. The van der Waals surface area contributed by atoms with Crippen LogP contribution in [0.15, 0.2) is 18.2 Å². The van der Waals surface area contributed by atoms with E-state index in [4.69, 9.17) is 15.6 Å². The monoisotopic (exact) mass is 486 g/mol. The van der Waals surface area contributed by atoms with Crippen LogP contribution in [0, 0.1) is 12.7 Å². The topological polar surface area (TPSA) is 134 Å². The first-order valence-electron chi connectivity index (χ1n) is 10.8. The van der Waals surface area contributed by atoms with Crippen molar-refractivity contribution in [2.75, 3.05) is 43.4 Å². The number of aryl methyl sites for hydroxylation is 1. The molecule has 3 aromatic heterocycles. The maximum atomic E-state index is 14.9. The predicted octanol–water partition coefficient (Wildman–Crippen LogP) is 2.25. The van der Waals surface area contributed by atoms with Gasteiger partial charge < -0.3 is 30.7 Å². The lowest BCUT2D eigenvalue weighted by atomic mass is 10.0. The molecule has 0 aromatic carbocycles. The number of nitrogens with zero attached hydrogens (tertiary/aromatic N) is 4. The zero-order valence-electron chi connectivity index (χ0n) is 18.4. The molecule has 0 radical (unpaired) electrons. The standard InChI is InChI=1S/C22H23FN6O4S/c1-11-2-3-14-16(24)17(34-21(14)25-11)19(30)26-13-8-12-9-15(23)18(27-20(12)33-10-13)28-4-6-29(7-5-28)22(31)32/h2-3,9,13H,4-8,10,24H2,1H3,(H,26,30)(H,31,32)/t13-/m0/s1. The number of anilines is 2. The first-order valence-corrected chi connectivity index (χ1v) is 11.6. The number of carbonyl (C=O) groups is 2. The third-order valence-electron chi connectivity index (χ3n) is 6.01. The summed E-state index contributed by atoms with van der Waals surface area (Å²) in [6, 6.07) is 4.71. The predicted molar refractivity (Wildman–Crippen MR) is 125 cm³/mol. The van der Waals surface area contributed by atoms with Crippen LogP contribution in [0.25, 0.3) is 10.2 Å². The Bertz CT molecular complexity index is 1290. The van der Waals surface area contributed by atoms with Crippen molar-refractivity contribution in [2.45, 2.75) is 19.4 Å². The van der Waals surface area contributed by atoms with E-state index in [2.05, 4.69) is 15.3 Å². The number of fused-ring (bicyclic) bond motifs is 2. The van der Waals surface area contributed by atoms with E-state index in [0.717, 1.165) is 11.1 Å². The van der Waals surface area contributed by atoms with E-state index < -0.39 is 11.9 Å². The Labute approximate surface area is 198 Å². The van der Waals surface area contributed by atoms with E-state index in [-0.39, 0.29) is 37.5 Å². The minimum atomic E-state index is -0.987. The van der Waals surface area contributed by atoms with Gasteiger partial charge in [0.25, 0.3) is 5.91 Å². The van der Waals surface area contributed by atoms with Gasteiger partial charge in [-0.15, -0.1) is 11.3 Å². The van der Waals surface area contributed by atoms with Crippen LogP contribution in [0.1, 0.15) is 20.9 Å². The lowest BCUT2D eigenvalue weighted by molar-refractivity contribution is 0.0918. The Kier molecular flexibility index (Phi) is 5.60. The highest BCUT2D eigenvalue weighted by molar-refractivity contribution is 7.21. The number of piperazine rings is 1. The van der Waals surface area contributed by atoms with Gasteiger partial charge in [0.15, 0.2) is 11.6 Å². The van der Waals surface area contributed by atoms with Gasteiger partial charge >= 0.3 is 6.09 Å². The average Bonchev–Trinajstić information content (AvgIpc) is 3.14. The van der Waals surface area contributed by atoms with Gasteiger partial charge in [-0.05, 0) is 25.1 Å². The fourth-order valence-corrected chi connectivity index (χ4v) is 5.25. The molecule has 5 rings (SSSR count). The fourth-order valence-electron chi connectivity index (χ4n) is 4.21. The Morgan fingerprint density at radius 3 is 2.76 bits per heavy atom. The second kappa shape index (κ2) is 8.60. The molecule has 10 nitrogen and oxygen atoms in total. The fraction of sp³-hybridized carbons (Fsp3) is 0.364. The largest absolute Gasteiger partial charge is 0.475 e. The van der Waals surface area contributed by atoms with Crippen molar-refractivity contribution in [3.05, 3.63) is 40.2 Å². The summed E-state index contributed by atoms with van der Waals surface area (Å²) in [7, 11) is 0. The van der Waals surface area contributed by atoms with E-state index in [1.807, 2.05) is 19.1 Å². The molecule has 1 saturated heterocycles. The minimum Gasteiger partial charge on any atom is -0.475 e. The molecule has 0 aliphatic carbocycles. The molecule has 1 atom stereocenters. The van der Waals surface area contributed by atoms with Gasteiger partial charge in [-0.1, -0.05) is 0 Å². The molecule has 0 saturated carbocycles. The number of nitrogens with two attached hydrogens (primary N) is 1. The Morgan fingerprint density at radius 2 is 2.03 bits per heavy atom. The quantitative estimate of drug-likeness (QED) is 0.513. The zero-order chi connectivity index (χ0) is 24.0. The third-order valence-corrected chi connectivity index (χ3v) is 7.12. The summed E-state index contributed by atoms with van der Waals surface area (Å²) < 4.78 is 20.6. The number of halogens is 1. The molecule has 0 bridgehead atoms. The molecule has 0 spiro atoms. The summed E-state index contributed by atoms with van der Waals surface area (Å²) in [6.07, 6.45) is -0.626. The molecule has 2 aliphatic heterocycles. The normalized spacial score (nSPS) is 17.9. The molecule has 4 N–H and O–H groups in total. The second-order valence-electron chi connectivity index (χ2n) is 8.35. The highest BCUT2D eigenvalue weighted by Crippen LogP contribution is 2.33. The van der Waals surface area contributed by atoms with Crippen molar-refractivity contribution in [1.29, 1.82) is 0 Å². The molecule has 2 amide bonds. The number of nitrogens with one attached hydrogen (secondary N) is 1. The van der Waals surface area contributed by atoms with Crippen LogP contribution < -0.4 is 20.7 Å². The molecule has 12 heteroatoms. The first kappa shape index (κ1) is 22.1. The molecular weight excluding hydrogens is 463 g/mol. The Balaban J connectivity index is 1.28. The van der Waals surface area contributed by atoms with Crippen LogP contribution in [-0.2, 0) is 6.42 Å². The molecular formula is C22H23FN6O4S. The van der Waals surface area contributed by atoms with E-state index in [9.17, 15) is 14.0 Å². The number of aromatic nitrogens is 2. The van der Waals surface area contributed by atoms with Crippen molar-refractivity contribution >= 4 is 45.1 Å². The smallest absolute Gasteiger partial charge is 0.407 e. The number of carboxylic acid groups (broad SMARTS) is 1. The summed E-state index contributed by atoms with van der Waals surface area (Å²) in [5.74, 6) is -0.361. The lowest BCUT2D eigenvalue weighted by Crippen LogP contribution is -2.49. The summed E-state index contributed by atoms with van der Waals surface area (Å²) in [4.78, 5) is 36.9. The highest BCUT2D eigenvalue weighted by atomic mass is 32.1. The van der Waals surface area contributed by atoms with E-state index in [1.54, 1.807) is 4.90 Å². The van der Waals surface area contributed by atoms with Crippen molar-refractivity contribution in [2.24, 2.45) is 0 Å². The number of nitrogen functional groups attached to an aromatic ring is 1. The van der Waals surface area contributed by atoms with E-state index in [1.165, 1.54) is 22.3 Å². The summed E-state index contributed by atoms with van der Waals surface area (Å²) in [5.41, 5.74) is 7.98. The number of rotatable bonds is 3. The molecule has 0 unspecified atom stereocenters. The SMILES string of the molecule is Cc1ccc2c(N)c(C(=O)N[C@@H]3COc4nc(N5CCN(C(=O)O)CC5)c(F)cc4C3)sc2n1. The van der Waals surface area contributed by atoms with Crippen molar-refractivity contribution in [1.82, 2.24) is 20.2 Å². The summed E-state index contributed by atoms with van der Waals surface area (Å²) >= 11 is 1.24. The van der Waals surface area contributed by atoms with Gasteiger partial charge in [-0.2, -0.15) is 4.98 Å². The molecule has 178 valence electrons. The van der Waals surface area contributed by atoms with Crippen LogP contribution in [-0.4, -0.2) is 70.8 Å². The van der Waals surface area contributed by atoms with Gasteiger partial charge in [-0.3, -0.25) is 4.79 Å². The van der Waals surface area contributed by atoms with Crippen molar-refractivity contribution in [3.8, 4) is 5.88 Å². The van der Waals surface area contributed by atoms with Crippen LogP contribution in [0.4, 0.5) is 20.7 Å². The summed E-state index contributed by atoms with van der Waals surface area (Å²) in [5, 5.41) is 12.8. The number of hydrogen-bond donors (Lipinski definition) is 3. The van der Waals surface area contributed by atoms with Gasteiger partial charge in [0, 0.05) is 49.2 Å². The number of amides is 2. The minimum absolute atomic E-state index is 0.145. The van der Waals surface area contributed by atoms with Gasteiger partial charge in [0.05, 0.1) is 11.7 Å². The van der Waals surface area contributed by atoms with Gasteiger partial charge in [-0.25, -0.2) is 14.2 Å². The van der Waals surface area contributed by atoms with Crippen molar-refractivity contribution in [3.63, 3.8) is 0 Å². The van der Waals surface area contributed by atoms with Crippen LogP contribution in [0.2, 0.25) is 0 Å². The lowest BCUT2D eigenvalue weighted by Gasteiger charge is -2.34. The van der Waals surface area contributed by atoms with Gasteiger partial charge in [0.2, 0.25) is 5.88 Å². The number of carbonyl (C=O) groups excluding carboxylic acids is 1. The maximum Gasteiger partial charge on any atom is 0.407 e. The van der Waals surface area contributed by atoms with Crippen LogP contribution in [0.5, 0.6) is 5.88 Å². The maximum absolute atomic E-state index is 14.9. The van der Waals surface area contributed by atoms with E-state index >= 15 is 0 Å². The summed E-state index contributed by atoms with van der Waals surface area (Å²) in [6.45, 7) is 3.31. The van der Waals surface area contributed by atoms with E-state index in [0.29, 0.717) is 46.3 Å². The van der Waals surface area contributed by atoms with Crippen LogP contribution in [0.3, 0.4) is 0 Å². The zero-order valence-corrected chi connectivity index (χ0v) is 19.2. The molecule has 3 aromatic rings. The Morgan fingerprint density at radius 1 is 1.26 bits per heavy atom. The molecule has 34 heavy (non-hydrogen) atoms. The van der Waals surface area contributed by atoms with Crippen molar-refractivity contribution < 1.29 is 23.8 Å². The average molecular weight is 487 g/mol. The molecule has 2 aliphatic rings.